The van der Waals surface area contributed by atoms with Crippen LogP contribution in [0.25, 0.3) is 0 Å². The van der Waals surface area contributed by atoms with Crippen LogP contribution in [-0.4, -0.2) is 12.6 Å². The largest absolute Gasteiger partial charge is 0.313 e. The molecule has 2 rings (SSSR count). The van der Waals surface area contributed by atoms with Gasteiger partial charge in [0.05, 0.1) is 10.0 Å². The van der Waals surface area contributed by atoms with Gasteiger partial charge in [-0.15, -0.1) is 0 Å². The molecule has 0 saturated heterocycles. The first kappa shape index (κ1) is 17.1. The van der Waals surface area contributed by atoms with Crippen LogP contribution >= 0.6 is 23.2 Å². The summed E-state index contributed by atoms with van der Waals surface area (Å²) in [6.45, 7) is 5.67. The molecule has 1 aromatic rings. The monoisotopic (exact) mass is 327 g/mol. The molecule has 0 heterocycles. The Morgan fingerprint density at radius 2 is 1.86 bits per heavy atom. The van der Waals surface area contributed by atoms with Gasteiger partial charge in [-0.05, 0) is 61.8 Å². The van der Waals surface area contributed by atoms with Crippen LogP contribution in [0.5, 0.6) is 0 Å². The first-order valence-corrected chi connectivity index (χ1v) is 9.04. The van der Waals surface area contributed by atoms with Crippen LogP contribution in [0.15, 0.2) is 18.2 Å². The molecule has 0 radical (unpaired) electrons. The van der Waals surface area contributed by atoms with Gasteiger partial charge in [0, 0.05) is 6.04 Å². The predicted octanol–water partition coefficient (Wildman–Crippen LogP) is 5.87. The van der Waals surface area contributed by atoms with Crippen LogP contribution in [0, 0.1) is 5.41 Å². The van der Waals surface area contributed by atoms with Crippen LogP contribution in [-0.2, 0) is 6.42 Å². The molecule has 1 fully saturated rings. The van der Waals surface area contributed by atoms with Gasteiger partial charge in [-0.25, -0.2) is 0 Å². The van der Waals surface area contributed by atoms with Crippen LogP contribution < -0.4 is 5.32 Å². The molecular formula is C18H27Cl2N. The summed E-state index contributed by atoms with van der Waals surface area (Å²) in [6, 6.07) is 6.61. The molecule has 1 unspecified atom stereocenters. The summed E-state index contributed by atoms with van der Waals surface area (Å²) in [5.41, 5.74) is 1.75. The topological polar surface area (TPSA) is 12.0 Å². The standard InChI is InChI=1S/C18H27Cl2N/c1-3-11-21-17(18(4-2)9-5-6-10-18)13-14-7-8-15(19)16(20)12-14/h7-8,12,17,21H,3-6,9-11,13H2,1-2H3. The summed E-state index contributed by atoms with van der Waals surface area (Å²) in [5, 5.41) is 5.12. The molecule has 3 heteroatoms. The molecular weight excluding hydrogens is 301 g/mol. The fourth-order valence-electron chi connectivity index (χ4n) is 3.75. The van der Waals surface area contributed by atoms with Gasteiger partial charge in [0.1, 0.15) is 0 Å². The average molecular weight is 328 g/mol. The number of benzene rings is 1. The van der Waals surface area contributed by atoms with Crippen molar-refractivity contribution in [3.63, 3.8) is 0 Å². The maximum absolute atomic E-state index is 6.18. The van der Waals surface area contributed by atoms with E-state index in [4.69, 9.17) is 23.2 Å². The number of rotatable bonds is 7. The Labute approximate surface area is 139 Å². The average Bonchev–Trinajstić information content (AvgIpc) is 2.97. The molecule has 1 saturated carbocycles. The summed E-state index contributed by atoms with van der Waals surface area (Å²) in [7, 11) is 0. The zero-order chi connectivity index (χ0) is 15.3. The summed E-state index contributed by atoms with van der Waals surface area (Å²) in [6.07, 6.45) is 8.94. The van der Waals surface area contributed by atoms with Crippen molar-refractivity contribution in [2.24, 2.45) is 5.41 Å². The quantitative estimate of drug-likeness (QED) is 0.659. The summed E-state index contributed by atoms with van der Waals surface area (Å²) in [5.74, 6) is 0. The first-order chi connectivity index (χ1) is 10.1. The SMILES string of the molecule is CCCNC(Cc1ccc(Cl)c(Cl)c1)C1(CC)CCCC1. The van der Waals surface area contributed by atoms with Gasteiger partial charge in [0.2, 0.25) is 0 Å². The molecule has 1 nitrogen and oxygen atoms in total. The predicted molar refractivity (Wildman–Crippen MR) is 93.4 cm³/mol. The van der Waals surface area contributed by atoms with Gasteiger partial charge < -0.3 is 5.32 Å². The van der Waals surface area contributed by atoms with Crippen LogP contribution in [0.4, 0.5) is 0 Å². The molecule has 1 aliphatic rings. The fourth-order valence-corrected chi connectivity index (χ4v) is 4.07. The molecule has 0 amide bonds. The van der Waals surface area contributed by atoms with Crippen molar-refractivity contribution in [2.45, 2.75) is 64.8 Å². The second-order valence-corrected chi connectivity index (χ2v) is 7.20. The Bertz CT molecular complexity index is 453. The van der Waals surface area contributed by atoms with Crippen molar-refractivity contribution >= 4 is 23.2 Å². The lowest BCUT2D eigenvalue weighted by Crippen LogP contribution is -2.45. The highest BCUT2D eigenvalue weighted by atomic mass is 35.5. The summed E-state index contributed by atoms with van der Waals surface area (Å²) < 4.78 is 0. The Balaban J connectivity index is 2.17. The maximum Gasteiger partial charge on any atom is 0.0595 e. The van der Waals surface area contributed by atoms with E-state index in [1.807, 2.05) is 12.1 Å². The molecule has 1 aliphatic carbocycles. The van der Waals surface area contributed by atoms with Crippen molar-refractivity contribution in [1.82, 2.24) is 5.32 Å². The minimum absolute atomic E-state index is 0.460. The van der Waals surface area contributed by atoms with Gasteiger partial charge >= 0.3 is 0 Å². The second-order valence-electron chi connectivity index (χ2n) is 6.38. The molecule has 21 heavy (non-hydrogen) atoms. The highest BCUT2D eigenvalue weighted by molar-refractivity contribution is 6.42. The third-order valence-corrected chi connectivity index (χ3v) is 5.85. The molecule has 1 N–H and O–H groups in total. The van der Waals surface area contributed by atoms with Crippen molar-refractivity contribution in [2.75, 3.05) is 6.54 Å². The molecule has 118 valence electrons. The maximum atomic E-state index is 6.18. The van der Waals surface area contributed by atoms with Crippen molar-refractivity contribution in [3.8, 4) is 0 Å². The van der Waals surface area contributed by atoms with E-state index in [0.29, 0.717) is 21.5 Å². The lowest BCUT2D eigenvalue weighted by molar-refractivity contribution is 0.184. The Morgan fingerprint density at radius 1 is 1.14 bits per heavy atom. The van der Waals surface area contributed by atoms with Gasteiger partial charge in [-0.1, -0.05) is 56.0 Å². The lowest BCUT2D eigenvalue weighted by atomic mass is 9.74. The normalized spacial score (nSPS) is 18.9. The van der Waals surface area contributed by atoms with E-state index in [1.54, 1.807) is 0 Å². The second kappa shape index (κ2) is 7.85. The van der Waals surface area contributed by atoms with Crippen LogP contribution in [0.3, 0.4) is 0 Å². The molecule has 1 atom stereocenters. The third-order valence-electron chi connectivity index (χ3n) is 5.11. The lowest BCUT2D eigenvalue weighted by Gasteiger charge is -2.38. The highest BCUT2D eigenvalue weighted by Gasteiger charge is 2.39. The zero-order valence-corrected chi connectivity index (χ0v) is 14.7. The Kier molecular flexibility index (Phi) is 6.40. The summed E-state index contributed by atoms with van der Waals surface area (Å²) >= 11 is 12.2. The minimum Gasteiger partial charge on any atom is -0.313 e. The molecule has 0 bridgehead atoms. The minimum atomic E-state index is 0.460. The van der Waals surface area contributed by atoms with Gasteiger partial charge in [-0.2, -0.15) is 0 Å². The van der Waals surface area contributed by atoms with E-state index in [9.17, 15) is 0 Å². The van der Waals surface area contributed by atoms with Gasteiger partial charge in [0.25, 0.3) is 0 Å². The van der Waals surface area contributed by atoms with Crippen molar-refractivity contribution in [3.05, 3.63) is 33.8 Å². The van der Waals surface area contributed by atoms with Crippen molar-refractivity contribution in [1.29, 1.82) is 0 Å². The van der Waals surface area contributed by atoms with Crippen LogP contribution in [0.1, 0.15) is 57.9 Å². The van der Waals surface area contributed by atoms with E-state index in [1.165, 1.54) is 44.1 Å². The van der Waals surface area contributed by atoms with Gasteiger partial charge in [0.15, 0.2) is 0 Å². The molecule has 0 aliphatic heterocycles. The summed E-state index contributed by atoms with van der Waals surface area (Å²) in [4.78, 5) is 0. The number of halogens is 2. The zero-order valence-electron chi connectivity index (χ0n) is 13.2. The third kappa shape index (κ3) is 4.15. The van der Waals surface area contributed by atoms with Crippen molar-refractivity contribution < 1.29 is 0 Å². The number of hydrogen-bond donors (Lipinski definition) is 1. The van der Waals surface area contributed by atoms with E-state index >= 15 is 0 Å². The number of hydrogen-bond acceptors (Lipinski definition) is 1. The van der Waals surface area contributed by atoms with E-state index in [0.717, 1.165) is 13.0 Å². The Hall–Kier alpha value is -0.240. The first-order valence-electron chi connectivity index (χ1n) is 8.28. The van der Waals surface area contributed by atoms with E-state index in [2.05, 4.69) is 25.2 Å². The van der Waals surface area contributed by atoms with E-state index < -0.39 is 0 Å². The fraction of sp³-hybridized carbons (Fsp3) is 0.667. The van der Waals surface area contributed by atoms with Crippen LogP contribution in [0.2, 0.25) is 10.0 Å². The molecule has 0 spiro atoms. The molecule has 1 aromatic carbocycles. The molecule has 0 aromatic heterocycles. The van der Waals surface area contributed by atoms with Gasteiger partial charge in [-0.3, -0.25) is 0 Å². The number of nitrogens with one attached hydrogen (secondary N) is 1. The Morgan fingerprint density at radius 3 is 2.43 bits per heavy atom. The van der Waals surface area contributed by atoms with E-state index in [-0.39, 0.29) is 0 Å². The smallest absolute Gasteiger partial charge is 0.0595 e. The highest BCUT2D eigenvalue weighted by Crippen LogP contribution is 2.45.